The van der Waals surface area contributed by atoms with Crippen molar-refractivity contribution in [2.45, 2.75) is 25.6 Å². The SMILES string of the molecule is O=C(N1CCc2ccccc21)C1(C(F)(F)F)CCN(Cc2ccccc2)C1. The Hall–Kier alpha value is -2.34. The van der Waals surface area contributed by atoms with E-state index in [9.17, 15) is 18.0 Å². The molecule has 27 heavy (non-hydrogen) atoms. The summed E-state index contributed by atoms with van der Waals surface area (Å²) in [6, 6.07) is 16.6. The molecule has 2 aromatic rings. The number of carbonyl (C=O) groups excluding carboxylic acids is 1. The van der Waals surface area contributed by atoms with Crippen molar-refractivity contribution in [1.29, 1.82) is 0 Å². The Morgan fingerprint density at radius 1 is 1.00 bits per heavy atom. The van der Waals surface area contributed by atoms with Gasteiger partial charge in [-0.2, -0.15) is 13.2 Å². The molecule has 1 amide bonds. The maximum Gasteiger partial charge on any atom is 0.404 e. The number of nitrogens with zero attached hydrogens (tertiary/aromatic N) is 2. The lowest BCUT2D eigenvalue weighted by Crippen LogP contribution is -2.53. The summed E-state index contributed by atoms with van der Waals surface area (Å²) in [5, 5.41) is 0. The zero-order chi connectivity index (χ0) is 19.1. The fourth-order valence-corrected chi connectivity index (χ4v) is 4.20. The Labute approximate surface area is 156 Å². The van der Waals surface area contributed by atoms with E-state index in [0.29, 0.717) is 25.2 Å². The van der Waals surface area contributed by atoms with Crippen LogP contribution < -0.4 is 4.90 Å². The van der Waals surface area contributed by atoms with E-state index in [4.69, 9.17) is 0 Å². The zero-order valence-corrected chi connectivity index (χ0v) is 14.9. The highest BCUT2D eigenvalue weighted by atomic mass is 19.4. The fraction of sp³-hybridized carbons (Fsp3) is 0.381. The van der Waals surface area contributed by atoms with Gasteiger partial charge in [-0.25, -0.2) is 0 Å². The van der Waals surface area contributed by atoms with Crippen molar-refractivity contribution in [2.75, 3.05) is 24.5 Å². The van der Waals surface area contributed by atoms with Gasteiger partial charge in [0.05, 0.1) is 0 Å². The molecule has 3 nitrogen and oxygen atoms in total. The number of fused-ring (bicyclic) bond motifs is 1. The predicted octanol–water partition coefficient (Wildman–Crippen LogP) is 4.03. The summed E-state index contributed by atoms with van der Waals surface area (Å²) < 4.78 is 42.4. The van der Waals surface area contributed by atoms with E-state index in [1.165, 1.54) is 4.90 Å². The van der Waals surface area contributed by atoms with Gasteiger partial charge in [0, 0.05) is 25.3 Å². The normalized spacial score (nSPS) is 22.9. The van der Waals surface area contributed by atoms with Gasteiger partial charge in [-0.15, -0.1) is 0 Å². The van der Waals surface area contributed by atoms with Crippen LogP contribution in [0.2, 0.25) is 0 Å². The van der Waals surface area contributed by atoms with E-state index < -0.39 is 17.5 Å². The highest BCUT2D eigenvalue weighted by molar-refractivity contribution is 6.00. The summed E-state index contributed by atoms with van der Waals surface area (Å²) in [6.45, 7) is 0.704. The molecule has 1 unspecified atom stereocenters. The molecular formula is C21H21F3N2O. The van der Waals surface area contributed by atoms with Crippen LogP contribution in [0.25, 0.3) is 0 Å². The second-order valence-electron chi connectivity index (χ2n) is 7.36. The molecule has 2 aliphatic rings. The molecule has 0 bridgehead atoms. The van der Waals surface area contributed by atoms with Crippen LogP contribution in [-0.4, -0.2) is 36.6 Å². The first-order chi connectivity index (χ1) is 12.9. The Morgan fingerprint density at radius 3 is 2.44 bits per heavy atom. The second-order valence-corrected chi connectivity index (χ2v) is 7.36. The fourth-order valence-electron chi connectivity index (χ4n) is 4.20. The van der Waals surface area contributed by atoms with Crippen molar-refractivity contribution in [1.82, 2.24) is 4.90 Å². The largest absolute Gasteiger partial charge is 0.404 e. The molecule has 2 aliphatic heterocycles. The number of likely N-dealkylation sites (tertiary alicyclic amines) is 1. The molecule has 0 radical (unpaired) electrons. The van der Waals surface area contributed by atoms with Gasteiger partial charge in [0.15, 0.2) is 5.41 Å². The minimum atomic E-state index is -4.58. The minimum Gasteiger partial charge on any atom is -0.311 e. The number of rotatable bonds is 3. The van der Waals surface area contributed by atoms with E-state index >= 15 is 0 Å². The van der Waals surface area contributed by atoms with Crippen LogP contribution in [0.3, 0.4) is 0 Å². The molecule has 1 saturated heterocycles. The number of alkyl halides is 3. The summed E-state index contributed by atoms with van der Waals surface area (Å²) in [5.74, 6) is -0.810. The highest BCUT2D eigenvalue weighted by Gasteiger charge is 2.64. The third kappa shape index (κ3) is 3.12. The topological polar surface area (TPSA) is 23.6 Å². The summed E-state index contributed by atoms with van der Waals surface area (Å²) in [4.78, 5) is 16.2. The van der Waals surface area contributed by atoms with Crippen molar-refractivity contribution in [2.24, 2.45) is 5.41 Å². The number of amides is 1. The first-order valence-corrected chi connectivity index (χ1v) is 9.14. The van der Waals surface area contributed by atoms with Crippen LogP contribution in [0.4, 0.5) is 18.9 Å². The molecule has 1 fully saturated rings. The Morgan fingerprint density at radius 2 is 1.70 bits per heavy atom. The molecule has 0 aliphatic carbocycles. The Kier molecular flexibility index (Phi) is 4.46. The molecule has 0 saturated carbocycles. The van der Waals surface area contributed by atoms with E-state index in [-0.39, 0.29) is 19.5 Å². The van der Waals surface area contributed by atoms with E-state index in [0.717, 1.165) is 11.1 Å². The van der Waals surface area contributed by atoms with E-state index in [1.807, 2.05) is 42.5 Å². The average molecular weight is 374 g/mol. The lowest BCUT2D eigenvalue weighted by Gasteiger charge is -2.34. The molecule has 0 spiro atoms. The van der Waals surface area contributed by atoms with Crippen molar-refractivity contribution in [3.05, 3.63) is 65.7 Å². The molecule has 6 heteroatoms. The maximum atomic E-state index is 14.1. The summed E-state index contributed by atoms with van der Waals surface area (Å²) >= 11 is 0. The van der Waals surface area contributed by atoms with Crippen LogP contribution in [-0.2, 0) is 17.8 Å². The molecule has 142 valence electrons. The van der Waals surface area contributed by atoms with Crippen LogP contribution in [0.5, 0.6) is 0 Å². The van der Waals surface area contributed by atoms with Gasteiger partial charge >= 0.3 is 6.18 Å². The third-order valence-electron chi connectivity index (χ3n) is 5.68. The van der Waals surface area contributed by atoms with Crippen LogP contribution in [0.1, 0.15) is 17.5 Å². The molecule has 2 aromatic carbocycles. The van der Waals surface area contributed by atoms with Crippen molar-refractivity contribution < 1.29 is 18.0 Å². The number of hydrogen-bond donors (Lipinski definition) is 0. The van der Waals surface area contributed by atoms with Crippen LogP contribution >= 0.6 is 0 Å². The number of anilines is 1. The van der Waals surface area contributed by atoms with Gasteiger partial charge in [0.25, 0.3) is 0 Å². The number of benzene rings is 2. The standard InChI is InChI=1S/C21H21F3N2O/c22-21(23,24)20(11-13-25(15-20)14-16-6-2-1-3-7-16)19(27)26-12-10-17-8-4-5-9-18(17)26/h1-9H,10-15H2. The van der Waals surface area contributed by atoms with Crippen LogP contribution in [0.15, 0.2) is 54.6 Å². The number of hydrogen-bond acceptors (Lipinski definition) is 2. The molecule has 1 atom stereocenters. The molecule has 2 heterocycles. The first kappa shape index (κ1) is 18.0. The maximum absolute atomic E-state index is 14.1. The Bertz CT molecular complexity index is 837. The van der Waals surface area contributed by atoms with Crippen LogP contribution in [0, 0.1) is 5.41 Å². The molecule has 0 N–H and O–H groups in total. The molecule has 0 aromatic heterocycles. The summed E-state index contributed by atoms with van der Waals surface area (Å²) in [5.41, 5.74) is 0.170. The lowest BCUT2D eigenvalue weighted by molar-refractivity contribution is -0.216. The van der Waals surface area contributed by atoms with Gasteiger partial charge in [0.1, 0.15) is 0 Å². The smallest absolute Gasteiger partial charge is 0.311 e. The monoisotopic (exact) mass is 374 g/mol. The number of para-hydroxylation sites is 1. The molecular weight excluding hydrogens is 353 g/mol. The van der Waals surface area contributed by atoms with Gasteiger partial charge in [-0.05, 0) is 36.6 Å². The van der Waals surface area contributed by atoms with Gasteiger partial charge < -0.3 is 4.90 Å². The summed E-state index contributed by atoms with van der Waals surface area (Å²) in [6.07, 6.45) is -4.17. The molecule has 4 rings (SSSR count). The minimum absolute atomic E-state index is 0.194. The predicted molar refractivity (Wildman–Crippen MR) is 97.3 cm³/mol. The average Bonchev–Trinajstić information content (AvgIpc) is 3.27. The van der Waals surface area contributed by atoms with Gasteiger partial charge in [-0.3, -0.25) is 9.69 Å². The quantitative estimate of drug-likeness (QED) is 0.810. The van der Waals surface area contributed by atoms with Gasteiger partial charge in [0.2, 0.25) is 5.91 Å². The second kappa shape index (κ2) is 6.68. The van der Waals surface area contributed by atoms with Crippen molar-refractivity contribution in [3.63, 3.8) is 0 Å². The number of halogens is 3. The first-order valence-electron chi connectivity index (χ1n) is 9.14. The number of carbonyl (C=O) groups is 1. The van der Waals surface area contributed by atoms with Crippen molar-refractivity contribution >= 4 is 11.6 Å². The van der Waals surface area contributed by atoms with E-state index in [2.05, 4.69) is 0 Å². The summed E-state index contributed by atoms with van der Waals surface area (Å²) in [7, 11) is 0. The zero-order valence-electron chi connectivity index (χ0n) is 14.9. The van der Waals surface area contributed by atoms with Crippen molar-refractivity contribution in [3.8, 4) is 0 Å². The Balaban J connectivity index is 1.60. The van der Waals surface area contributed by atoms with Gasteiger partial charge in [-0.1, -0.05) is 48.5 Å². The lowest BCUT2D eigenvalue weighted by atomic mass is 9.84. The highest BCUT2D eigenvalue weighted by Crippen LogP contribution is 2.48. The third-order valence-corrected chi connectivity index (χ3v) is 5.68. The van der Waals surface area contributed by atoms with E-state index in [1.54, 1.807) is 17.0 Å².